The fraction of sp³-hybridized carbons (Fsp3) is 0.409. The lowest BCUT2D eigenvalue weighted by molar-refractivity contribution is 0.0313. The molecule has 3 N–H and O–H groups in total. The fourth-order valence-electron chi connectivity index (χ4n) is 4.13. The number of hydrogen-bond acceptors (Lipinski definition) is 7. The molecule has 2 aliphatic rings. The average molecular weight is 422 g/mol. The van der Waals surface area contributed by atoms with Gasteiger partial charge in [-0.15, -0.1) is 11.8 Å². The van der Waals surface area contributed by atoms with Crippen molar-refractivity contribution in [2.45, 2.75) is 49.8 Å². The standard InChI is InChI=1S/C22H23N5O2S/c1-2-3-8-17-25-20(24-15-10-9-13-6-4-5-7-14(13)15)18-21(26-17)27(12-23-18)22-19(29)16(28)11-30-22/h4-7,12,15-16,19,22,28-29H,2,9-11H2,1H3,(H,24,25,26)/t15-,16-,19-,22-/m1/s1. The molecule has 0 unspecified atom stereocenters. The highest BCUT2D eigenvalue weighted by atomic mass is 32.2. The smallest absolute Gasteiger partial charge is 0.208 e. The van der Waals surface area contributed by atoms with Gasteiger partial charge in [0.2, 0.25) is 5.82 Å². The Hall–Kier alpha value is -2.60. The lowest BCUT2D eigenvalue weighted by Gasteiger charge is -2.18. The van der Waals surface area contributed by atoms with E-state index in [0.29, 0.717) is 35.0 Å². The molecule has 30 heavy (non-hydrogen) atoms. The molecular formula is C22H23N5O2S. The van der Waals surface area contributed by atoms with E-state index in [4.69, 9.17) is 0 Å². The van der Waals surface area contributed by atoms with E-state index in [-0.39, 0.29) is 11.4 Å². The molecule has 8 heteroatoms. The van der Waals surface area contributed by atoms with E-state index in [2.05, 4.69) is 56.4 Å². The number of benzene rings is 1. The van der Waals surface area contributed by atoms with Crippen molar-refractivity contribution in [1.29, 1.82) is 0 Å². The summed E-state index contributed by atoms with van der Waals surface area (Å²) in [5.74, 6) is 7.62. The molecule has 2 aromatic heterocycles. The van der Waals surface area contributed by atoms with Crippen molar-refractivity contribution < 1.29 is 10.2 Å². The van der Waals surface area contributed by atoms with Crippen LogP contribution in [0.1, 0.15) is 48.1 Å². The van der Waals surface area contributed by atoms with Crippen molar-refractivity contribution in [3.63, 3.8) is 0 Å². The second-order valence-corrected chi connectivity index (χ2v) is 8.74. The van der Waals surface area contributed by atoms with E-state index in [0.717, 1.165) is 12.8 Å². The van der Waals surface area contributed by atoms with Crippen LogP contribution in [0.5, 0.6) is 0 Å². The van der Waals surface area contributed by atoms with Gasteiger partial charge in [0.05, 0.1) is 18.5 Å². The Morgan fingerprint density at radius 3 is 2.93 bits per heavy atom. The largest absolute Gasteiger partial charge is 0.389 e. The highest BCUT2D eigenvalue weighted by Crippen LogP contribution is 2.39. The number of imidazole rings is 1. The van der Waals surface area contributed by atoms with Crippen molar-refractivity contribution in [2.75, 3.05) is 11.1 Å². The first kappa shape index (κ1) is 19.4. The number of fused-ring (bicyclic) bond motifs is 2. The predicted molar refractivity (Wildman–Crippen MR) is 117 cm³/mol. The summed E-state index contributed by atoms with van der Waals surface area (Å²) in [7, 11) is 0. The molecule has 1 aromatic carbocycles. The summed E-state index contributed by atoms with van der Waals surface area (Å²) in [5.41, 5.74) is 3.91. The van der Waals surface area contributed by atoms with Crippen molar-refractivity contribution in [1.82, 2.24) is 19.5 Å². The van der Waals surface area contributed by atoms with Crippen molar-refractivity contribution in [2.24, 2.45) is 0 Å². The van der Waals surface area contributed by atoms with Gasteiger partial charge in [0, 0.05) is 12.2 Å². The number of aromatic nitrogens is 4. The van der Waals surface area contributed by atoms with Crippen LogP contribution in [0, 0.1) is 11.8 Å². The quantitative estimate of drug-likeness (QED) is 0.560. The van der Waals surface area contributed by atoms with Gasteiger partial charge in [-0.05, 0) is 29.9 Å². The monoisotopic (exact) mass is 421 g/mol. The van der Waals surface area contributed by atoms with Crippen LogP contribution in [0.2, 0.25) is 0 Å². The van der Waals surface area contributed by atoms with Crippen LogP contribution >= 0.6 is 11.8 Å². The number of aliphatic hydroxyl groups excluding tert-OH is 2. The molecule has 0 saturated carbocycles. The summed E-state index contributed by atoms with van der Waals surface area (Å²) in [4.78, 5) is 13.8. The number of anilines is 1. The molecule has 0 radical (unpaired) electrons. The van der Waals surface area contributed by atoms with Gasteiger partial charge >= 0.3 is 0 Å². The van der Waals surface area contributed by atoms with Gasteiger partial charge in [0.15, 0.2) is 17.0 Å². The lowest BCUT2D eigenvalue weighted by atomic mass is 10.1. The Morgan fingerprint density at radius 1 is 1.27 bits per heavy atom. The van der Waals surface area contributed by atoms with Crippen LogP contribution in [-0.2, 0) is 6.42 Å². The van der Waals surface area contributed by atoms with Crippen LogP contribution in [0.25, 0.3) is 11.2 Å². The Labute approximate surface area is 179 Å². The third-order valence-corrected chi connectivity index (χ3v) is 7.02. The number of nitrogens with one attached hydrogen (secondary N) is 1. The molecule has 3 aromatic rings. The molecule has 0 spiro atoms. The molecule has 1 aliphatic heterocycles. The first-order chi connectivity index (χ1) is 14.7. The molecule has 5 rings (SSSR count). The van der Waals surface area contributed by atoms with Crippen LogP contribution in [0.3, 0.4) is 0 Å². The number of aliphatic hydroxyl groups is 2. The van der Waals surface area contributed by atoms with Crippen molar-refractivity contribution >= 4 is 28.7 Å². The Balaban J connectivity index is 1.57. The zero-order valence-electron chi connectivity index (χ0n) is 16.6. The van der Waals surface area contributed by atoms with Gasteiger partial charge in [-0.2, -0.15) is 0 Å². The average Bonchev–Trinajstić information content (AvgIpc) is 3.45. The molecule has 7 nitrogen and oxygen atoms in total. The number of rotatable bonds is 3. The van der Waals surface area contributed by atoms with E-state index in [1.165, 1.54) is 22.9 Å². The van der Waals surface area contributed by atoms with Gasteiger partial charge in [-0.1, -0.05) is 37.1 Å². The molecule has 0 bridgehead atoms. The topological polar surface area (TPSA) is 96.1 Å². The fourth-order valence-corrected chi connectivity index (χ4v) is 5.41. The maximum absolute atomic E-state index is 10.4. The third kappa shape index (κ3) is 3.33. The first-order valence-electron chi connectivity index (χ1n) is 10.2. The lowest BCUT2D eigenvalue weighted by Crippen LogP contribution is -2.27. The summed E-state index contributed by atoms with van der Waals surface area (Å²) in [5, 5.41) is 23.6. The molecular weight excluding hydrogens is 398 g/mol. The minimum Gasteiger partial charge on any atom is -0.389 e. The zero-order chi connectivity index (χ0) is 20.7. The number of thioether (sulfide) groups is 1. The Morgan fingerprint density at radius 2 is 2.13 bits per heavy atom. The molecule has 4 atom stereocenters. The zero-order valence-corrected chi connectivity index (χ0v) is 17.4. The Kier molecular flexibility index (Phi) is 5.11. The van der Waals surface area contributed by atoms with Gasteiger partial charge in [-0.25, -0.2) is 15.0 Å². The van der Waals surface area contributed by atoms with Crippen LogP contribution in [0.4, 0.5) is 5.82 Å². The summed E-state index contributed by atoms with van der Waals surface area (Å²) < 4.78 is 1.83. The van der Waals surface area contributed by atoms with E-state index < -0.39 is 12.2 Å². The molecule has 1 saturated heterocycles. The molecule has 1 fully saturated rings. The van der Waals surface area contributed by atoms with Gasteiger partial charge in [0.25, 0.3) is 0 Å². The summed E-state index contributed by atoms with van der Waals surface area (Å²) >= 11 is 1.49. The molecule has 1 aliphatic carbocycles. The van der Waals surface area contributed by atoms with Gasteiger partial charge in [-0.3, -0.25) is 4.57 Å². The first-order valence-corrected chi connectivity index (χ1v) is 11.3. The Bertz CT molecular complexity index is 1150. The minimum atomic E-state index is -0.870. The van der Waals surface area contributed by atoms with E-state index in [1.807, 2.05) is 11.5 Å². The maximum Gasteiger partial charge on any atom is 0.208 e. The van der Waals surface area contributed by atoms with Crippen LogP contribution < -0.4 is 5.32 Å². The second kappa shape index (κ2) is 7.91. The SMILES string of the molecule is CCC#Cc1nc(N[C@@H]2CCc3ccccc32)c2ncn([C@@H]3SC[C@@H](O)[C@H]3O)c2n1. The number of aryl methyl sites for hydroxylation is 1. The van der Waals surface area contributed by atoms with E-state index >= 15 is 0 Å². The molecule has 154 valence electrons. The maximum atomic E-state index is 10.4. The van der Waals surface area contributed by atoms with Crippen molar-refractivity contribution in [3.05, 3.63) is 47.5 Å². The number of hydrogen-bond donors (Lipinski definition) is 3. The minimum absolute atomic E-state index is 0.157. The highest BCUT2D eigenvalue weighted by molar-refractivity contribution is 7.99. The van der Waals surface area contributed by atoms with Gasteiger partial charge in [0.1, 0.15) is 11.5 Å². The van der Waals surface area contributed by atoms with Gasteiger partial charge < -0.3 is 15.5 Å². The molecule has 3 heterocycles. The van der Waals surface area contributed by atoms with Crippen LogP contribution in [-0.4, -0.2) is 47.7 Å². The third-order valence-electron chi connectivity index (χ3n) is 5.64. The van der Waals surface area contributed by atoms with E-state index in [1.54, 1.807) is 6.33 Å². The highest BCUT2D eigenvalue weighted by Gasteiger charge is 2.36. The summed E-state index contributed by atoms with van der Waals surface area (Å²) in [6.07, 6.45) is 2.77. The van der Waals surface area contributed by atoms with Crippen molar-refractivity contribution in [3.8, 4) is 11.8 Å². The van der Waals surface area contributed by atoms with E-state index in [9.17, 15) is 10.2 Å². The second-order valence-electron chi connectivity index (χ2n) is 7.59. The number of nitrogens with zero attached hydrogens (tertiary/aromatic N) is 4. The normalized spacial score (nSPS) is 25.2. The van der Waals surface area contributed by atoms with Crippen LogP contribution in [0.15, 0.2) is 30.6 Å². The predicted octanol–water partition coefficient (Wildman–Crippen LogP) is 2.65. The summed E-state index contributed by atoms with van der Waals surface area (Å²) in [6, 6.07) is 8.62. The molecule has 0 amide bonds. The summed E-state index contributed by atoms with van der Waals surface area (Å²) in [6.45, 7) is 1.98.